The van der Waals surface area contributed by atoms with Crippen LogP contribution in [0.3, 0.4) is 0 Å². The van der Waals surface area contributed by atoms with Gasteiger partial charge in [-0.3, -0.25) is 5.04 Å². The molecule has 0 spiro atoms. The van der Waals surface area contributed by atoms with Gasteiger partial charge in [0.15, 0.2) is 0 Å². The number of rotatable bonds is 7. The number of aryl methyl sites for hydroxylation is 2. The van der Waals surface area contributed by atoms with E-state index in [-0.39, 0.29) is 41.1 Å². The Balaban J connectivity index is 0.00000361. The first-order valence-corrected chi connectivity index (χ1v) is 8.56. The van der Waals surface area contributed by atoms with Gasteiger partial charge in [-0.15, -0.1) is 0 Å². The second-order valence-electron chi connectivity index (χ2n) is 3.64. The Hall–Kier alpha value is 0.680. The van der Waals surface area contributed by atoms with Gasteiger partial charge >= 0.3 is 39.7 Å². The molecule has 0 amide bonds. The molecule has 0 heterocycles. The zero-order valence-electron chi connectivity index (χ0n) is 11.2. The average molecular weight is 395 g/mol. The molecular weight excluding hydrogens is 383 g/mol. The van der Waals surface area contributed by atoms with Crippen LogP contribution in [-0.4, -0.2) is 19.5 Å². The van der Waals surface area contributed by atoms with Gasteiger partial charge < -0.3 is 9.44 Å². The summed E-state index contributed by atoms with van der Waals surface area (Å²) in [5.41, 5.74) is 1.24. The second-order valence-corrected chi connectivity index (χ2v) is 6.90. The van der Waals surface area contributed by atoms with Crippen molar-refractivity contribution in [2.45, 2.75) is 18.7 Å². The summed E-state index contributed by atoms with van der Waals surface area (Å²) in [4.78, 5) is 0.607. The minimum absolute atomic E-state index is 0. The van der Waals surface area contributed by atoms with Crippen LogP contribution in [0, 0.1) is 13.8 Å². The number of hydrogen-bond donors (Lipinski definition) is 0. The molecule has 20 heavy (non-hydrogen) atoms. The standard InChI is InChI=1S/C10H13BrO6S2.Na/c1-7-5-9(18-17-16-12)6-8(2)10(7)15-19(13,14)4-3-11;/h5-6,12H,3-4H2,1-2H3;/q;+1/p-1. The van der Waals surface area contributed by atoms with Gasteiger partial charge in [0.25, 0.3) is 0 Å². The van der Waals surface area contributed by atoms with Crippen molar-refractivity contribution in [3.63, 3.8) is 0 Å². The molecule has 0 aliphatic rings. The fourth-order valence-electron chi connectivity index (χ4n) is 1.41. The maximum absolute atomic E-state index is 11.6. The van der Waals surface area contributed by atoms with E-state index in [0.717, 1.165) is 12.0 Å². The maximum atomic E-state index is 11.6. The molecule has 0 N–H and O–H groups in total. The molecule has 0 aromatic heterocycles. The van der Waals surface area contributed by atoms with Crippen LogP contribution >= 0.6 is 28.0 Å². The Bertz CT molecular complexity index is 514. The van der Waals surface area contributed by atoms with Gasteiger partial charge in [-0.2, -0.15) is 12.8 Å². The Kier molecular flexibility index (Phi) is 9.98. The van der Waals surface area contributed by atoms with Crippen LogP contribution in [0.2, 0.25) is 0 Å². The molecule has 1 aromatic carbocycles. The van der Waals surface area contributed by atoms with E-state index >= 15 is 0 Å². The quantitative estimate of drug-likeness (QED) is 0.141. The summed E-state index contributed by atoms with van der Waals surface area (Å²) in [5, 5.41) is 13.3. The molecule has 0 radical (unpaired) electrons. The Labute approximate surface area is 152 Å². The van der Waals surface area contributed by atoms with Crippen LogP contribution in [-0.2, 0) is 19.5 Å². The van der Waals surface area contributed by atoms with Crippen molar-refractivity contribution in [1.82, 2.24) is 0 Å². The largest absolute Gasteiger partial charge is 1.00 e. The monoisotopic (exact) mass is 394 g/mol. The van der Waals surface area contributed by atoms with E-state index in [2.05, 4.69) is 25.3 Å². The molecule has 1 aromatic rings. The minimum atomic E-state index is -3.62. The van der Waals surface area contributed by atoms with Crippen molar-refractivity contribution in [2.24, 2.45) is 0 Å². The summed E-state index contributed by atoms with van der Waals surface area (Å²) in [6.45, 7) is 3.40. The molecule has 0 fully saturated rings. The molecule has 108 valence electrons. The van der Waals surface area contributed by atoms with Crippen LogP contribution < -0.4 is 39.0 Å². The Morgan fingerprint density at radius 3 is 2.30 bits per heavy atom. The van der Waals surface area contributed by atoms with Crippen LogP contribution in [0.1, 0.15) is 11.1 Å². The third kappa shape index (κ3) is 6.63. The van der Waals surface area contributed by atoms with Crippen molar-refractivity contribution in [3.8, 4) is 5.75 Å². The molecule has 0 aliphatic carbocycles. The predicted octanol–water partition coefficient (Wildman–Crippen LogP) is -1.36. The molecule has 0 saturated carbocycles. The molecule has 0 saturated heterocycles. The van der Waals surface area contributed by atoms with Gasteiger partial charge in [0.05, 0.1) is 17.8 Å². The van der Waals surface area contributed by atoms with Crippen LogP contribution in [0.4, 0.5) is 0 Å². The van der Waals surface area contributed by atoms with Crippen molar-refractivity contribution >= 4 is 38.1 Å². The predicted molar refractivity (Wildman–Crippen MR) is 72.2 cm³/mol. The van der Waals surface area contributed by atoms with E-state index in [1.165, 1.54) is 0 Å². The van der Waals surface area contributed by atoms with Gasteiger partial charge in [0.1, 0.15) is 5.75 Å². The third-order valence-corrected chi connectivity index (χ3v) is 4.73. The number of benzene rings is 1. The van der Waals surface area contributed by atoms with E-state index in [1.54, 1.807) is 26.0 Å². The summed E-state index contributed by atoms with van der Waals surface area (Å²) < 4.78 is 32.5. The third-order valence-electron chi connectivity index (χ3n) is 2.13. The summed E-state index contributed by atoms with van der Waals surface area (Å²) in [7, 11) is -3.62. The molecule has 0 unspecified atom stereocenters. The first kappa shape index (κ1) is 20.7. The van der Waals surface area contributed by atoms with E-state index in [1.807, 2.05) is 0 Å². The van der Waals surface area contributed by atoms with Crippen molar-refractivity contribution in [3.05, 3.63) is 23.3 Å². The molecule has 0 aliphatic heterocycles. The average Bonchev–Trinajstić information content (AvgIpc) is 2.31. The first-order valence-electron chi connectivity index (χ1n) is 5.12. The molecule has 6 nitrogen and oxygen atoms in total. The fraction of sp³-hybridized carbons (Fsp3) is 0.400. The minimum Gasteiger partial charge on any atom is -0.691 e. The number of halogens is 1. The van der Waals surface area contributed by atoms with Crippen molar-refractivity contribution in [1.29, 1.82) is 0 Å². The summed E-state index contributed by atoms with van der Waals surface area (Å²) in [5.74, 6) is 0.170. The van der Waals surface area contributed by atoms with E-state index < -0.39 is 10.1 Å². The van der Waals surface area contributed by atoms with Gasteiger partial charge in [-0.1, -0.05) is 15.9 Å². The van der Waals surface area contributed by atoms with Crippen molar-refractivity contribution in [2.75, 3.05) is 11.1 Å². The zero-order chi connectivity index (χ0) is 14.5. The topological polar surface area (TPSA) is 84.9 Å². The van der Waals surface area contributed by atoms with Gasteiger partial charge in [0.2, 0.25) is 0 Å². The summed E-state index contributed by atoms with van der Waals surface area (Å²) >= 11 is 3.79. The maximum Gasteiger partial charge on any atom is 1.00 e. The molecule has 0 atom stereocenters. The second kappa shape index (κ2) is 9.65. The van der Waals surface area contributed by atoms with Gasteiger partial charge in [-0.05, 0) is 37.1 Å². The number of hydrogen-bond acceptors (Lipinski definition) is 7. The summed E-state index contributed by atoms with van der Waals surface area (Å²) in [6, 6.07) is 3.27. The van der Waals surface area contributed by atoms with Crippen LogP contribution in [0.5, 0.6) is 5.75 Å². The van der Waals surface area contributed by atoms with Gasteiger partial charge in [0, 0.05) is 10.2 Å². The smallest absolute Gasteiger partial charge is 0.691 e. The fourth-order valence-corrected chi connectivity index (χ4v) is 3.94. The Morgan fingerprint density at radius 2 is 1.85 bits per heavy atom. The van der Waals surface area contributed by atoms with E-state index in [9.17, 15) is 13.7 Å². The van der Waals surface area contributed by atoms with E-state index in [0.29, 0.717) is 21.4 Å². The zero-order valence-corrected chi connectivity index (χ0v) is 16.4. The molecule has 1 rings (SSSR count). The first-order chi connectivity index (χ1) is 8.89. The van der Waals surface area contributed by atoms with E-state index in [4.69, 9.17) is 4.18 Å². The molecule has 0 bridgehead atoms. The summed E-state index contributed by atoms with van der Waals surface area (Å²) in [6.07, 6.45) is 0. The normalized spacial score (nSPS) is 11.0. The molecular formula is C10H12BrNaO6S2. The van der Waals surface area contributed by atoms with Crippen molar-refractivity contribution < 1.29 is 56.8 Å². The number of alkyl halides is 1. The van der Waals surface area contributed by atoms with Gasteiger partial charge in [-0.25, -0.2) is 0 Å². The van der Waals surface area contributed by atoms with Crippen LogP contribution in [0.15, 0.2) is 17.0 Å². The Morgan fingerprint density at radius 1 is 1.30 bits per heavy atom. The SMILES string of the molecule is Cc1cc(SOO[O-])cc(C)c1OS(=O)(=O)CCBr.[Na+]. The molecule has 10 heteroatoms. The van der Waals surface area contributed by atoms with Crippen LogP contribution in [0.25, 0.3) is 0 Å².